The molecule has 3 aromatic rings. The molecule has 0 bridgehead atoms. The summed E-state index contributed by atoms with van der Waals surface area (Å²) >= 11 is 0. The van der Waals surface area contributed by atoms with Gasteiger partial charge >= 0.3 is 0 Å². The Hall–Kier alpha value is -3.16. The van der Waals surface area contributed by atoms with Crippen LogP contribution in [-0.4, -0.2) is 39.9 Å². The summed E-state index contributed by atoms with van der Waals surface area (Å²) in [5.41, 5.74) is 3.53. The average molecular weight is 452 g/mol. The summed E-state index contributed by atoms with van der Waals surface area (Å²) in [6, 6.07) is 21.8. The Balaban J connectivity index is 1.67. The molecule has 0 saturated heterocycles. The molecule has 1 unspecified atom stereocenters. The third-order valence-electron chi connectivity index (χ3n) is 5.30. The van der Waals surface area contributed by atoms with Crippen LogP contribution in [0.4, 0.5) is 5.69 Å². The first-order valence-corrected chi connectivity index (χ1v) is 11.9. The van der Waals surface area contributed by atoms with Gasteiger partial charge in [0.05, 0.1) is 10.9 Å². The second kappa shape index (κ2) is 9.97. The molecular weight excluding hydrogens is 422 g/mol. The largest absolute Gasteiger partial charge is 0.350 e. The van der Waals surface area contributed by atoms with Crippen LogP contribution >= 0.6 is 0 Å². The molecule has 0 aromatic heterocycles. The molecule has 0 spiro atoms. The highest BCUT2D eigenvalue weighted by Gasteiger charge is 2.18. The molecule has 0 aliphatic rings. The number of nitrogens with one attached hydrogen (secondary N) is 2. The summed E-state index contributed by atoms with van der Waals surface area (Å²) in [5.74, 6) is -0.211. The number of benzene rings is 3. The van der Waals surface area contributed by atoms with E-state index in [1.807, 2.05) is 57.4 Å². The Bertz CT molecular complexity index is 1170. The van der Waals surface area contributed by atoms with Crippen LogP contribution in [0.25, 0.3) is 0 Å². The minimum Gasteiger partial charge on any atom is -0.350 e. The lowest BCUT2D eigenvalue weighted by molar-refractivity contribution is 0.0942. The number of anilines is 1. The highest BCUT2D eigenvalue weighted by atomic mass is 32.2. The molecular formula is C25H29N3O3S. The fraction of sp³-hybridized carbons (Fsp3) is 0.240. The standard InChI is InChI=1S/C25H29N3O3S/c1-18-10-11-19(2)24(16-18)32(30,31)27-22-14-12-21(13-15-22)25(29)26-17-23(28(3)4)20-8-6-5-7-9-20/h5-16,23,27H,17H2,1-4H3,(H,26,29). The van der Waals surface area contributed by atoms with Gasteiger partial charge in [-0.25, -0.2) is 8.42 Å². The SMILES string of the molecule is Cc1ccc(C)c(S(=O)(=O)Nc2ccc(C(=O)NCC(c3ccccc3)N(C)C)cc2)c1. The van der Waals surface area contributed by atoms with Gasteiger partial charge in [0.15, 0.2) is 0 Å². The van der Waals surface area contributed by atoms with Crippen LogP contribution in [0.3, 0.4) is 0 Å². The zero-order valence-corrected chi connectivity index (χ0v) is 19.6. The fourth-order valence-corrected chi connectivity index (χ4v) is 4.85. The van der Waals surface area contributed by atoms with Gasteiger partial charge in [0.25, 0.3) is 15.9 Å². The Morgan fingerprint density at radius 3 is 2.22 bits per heavy atom. The topological polar surface area (TPSA) is 78.5 Å². The van der Waals surface area contributed by atoms with Crippen molar-refractivity contribution in [3.05, 3.63) is 95.1 Å². The number of sulfonamides is 1. The van der Waals surface area contributed by atoms with E-state index in [0.717, 1.165) is 11.1 Å². The lowest BCUT2D eigenvalue weighted by Crippen LogP contribution is -2.34. The van der Waals surface area contributed by atoms with Gasteiger partial charge in [0.1, 0.15) is 0 Å². The van der Waals surface area contributed by atoms with E-state index in [9.17, 15) is 13.2 Å². The maximum absolute atomic E-state index is 12.8. The zero-order valence-electron chi connectivity index (χ0n) is 18.8. The van der Waals surface area contributed by atoms with Crippen molar-refractivity contribution in [2.75, 3.05) is 25.4 Å². The molecule has 3 rings (SSSR count). The van der Waals surface area contributed by atoms with Crippen molar-refractivity contribution in [1.29, 1.82) is 0 Å². The Morgan fingerprint density at radius 2 is 1.59 bits per heavy atom. The van der Waals surface area contributed by atoms with Crippen LogP contribution in [0.5, 0.6) is 0 Å². The van der Waals surface area contributed by atoms with E-state index >= 15 is 0 Å². The summed E-state index contributed by atoms with van der Waals surface area (Å²) in [6.07, 6.45) is 0. The molecule has 0 heterocycles. The number of aryl methyl sites for hydroxylation is 2. The van der Waals surface area contributed by atoms with Crippen LogP contribution in [0.2, 0.25) is 0 Å². The second-order valence-electron chi connectivity index (χ2n) is 8.05. The summed E-state index contributed by atoms with van der Waals surface area (Å²) < 4.78 is 28.1. The van der Waals surface area contributed by atoms with Crippen LogP contribution in [0, 0.1) is 13.8 Å². The number of nitrogens with zero attached hydrogens (tertiary/aromatic N) is 1. The van der Waals surface area contributed by atoms with Crippen molar-refractivity contribution in [2.24, 2.45) is 0 Å². The summed E-state index contributed by atoms with van der Waals surface area (Å²) in [6.45, 7) is 4.07. The molecule has 32 heavy (non-hydrogen) atoms. The minimum absolute atomic E-state index is 0.0452. The molecule has 0 aliphatic heterocycles. The van der Waals surface area contributed by atoms with Gasteiger partial charge in [-0.2, -0.15) is 0 Å². The van der Waals surface area contributed by atoms with Crippen molar-refractivity contribution < 1.29 is 13.2 Å². The zero-order chi connectivity index (χ0) is 23.3. The number of carbonyl (C=O) groups excluding carboxylic acids is 1. The first-order valence-electron chi connectivity index (χ1n) is 10.4. The van der Waals surface area contributed by atoms with Gasteiger partial charge in [-0.1, -0.05) is 42.5 Å². The quantitative estimate of drug-likeness (QED) is 0.540. The summed E-state index contributed by atoms with van der Waals surface area (Å²) in [7, 11) is 0.228. The average Bonchev–Trinajstić information content (AvgIpc) is 2.76. The number of amides is 1. The van der Waals surface area contributed by atoms with Crippen LogP contribution in [0.15, 0.2) is 77.7 Å². The molecule has 7 heteroatoms. The predicted octanol–water partition coefficient (Wildman–Crippen LogP) is 4.14. The maximum Gasteiger partial charge on any atom is 0.262 e. The van der Waals surface area contributed by atoms with Gasteiger partial charge in [-0.3, -0.25) is 9.52 Å². The maximum atomic E-state index is 12.8. The van der Waals surface area contributed by atoms with E-state index in [4.69, 9.17) is 0 Å². The van der Waals surface area contributed by atoms with E-state index in [1.54, 1.807) is 43.3 Å². The number of carbonyl (C=O) groups is 1. The van der Waals surface area contributed by atoms with Crippen molar-refractivity contribution in [1.82, 2.24) is 10.2 Å². The third kappa shape index (κ3) is 5.75. The molecule has 0 radical (unpaired) electrons. The highest BCUT2D eigenvalue weighted by Crippen LogP contribution is 2.21. The fourth-order valence-electron chi connectivity index (χ4n) is 3.46. The number of rotatable bonds is 8. The Kier molecular flexibility index (Phi) is 7.33. The van der Waals surface area contributed by atoms with Gasteiger partial charge in [0, 0.05) is 17.8 Å². The predicted molar refractivity (Wildman–Crippen MR) is 128 cm³/mol. The molecule has 0 aliphatic carbocycles. The number of hydrogen-bond donors (Lipinski definition) is 2. The van der Waals surface area contributed by atoms with E-state index in [2.05, 4.69) is 14.9 Å². The lowest BCUT2D eigenvalue weighted by Gasteiger charge is -2.25. The molecule has 6 nitrogen and oxygen atoms in total. The summed E-state index contributed by atoms with van der Waals surface area (Å²) in [5, 5.41) is 2.97. The van der Waals surface area contributed by atoms with Crippen molar-refractivity contribution in [3.63, 3.8) is 0 Å². The van der Waals surface area contributed by atoms with Gasteiger partial charge in [0.2, 0.25) is 0 Å². The van der Waals surface area contributed by atoms with Crippen molar-refractivity contribution in [2.45, 2.75) is 24.8 Å². The van der Waals surface area contributed by atoms with E-state index in [0.29, 0.717) is 23.4 Å². The Morgan fingerprint density at radius 1 is 0.938 bits per heavy atom. The molecule has 2 N–H and O–H groups in total. The molecule has 1 amide bonds. The van der Waals surface area contributed by atoms with E-state index < -0.39 is 10.0 Å². The first-order chi connectivity index (χ1) is 15.2. The minimum atomic E-state index is -3.72. The van der Waals surface area contributed by atoms with Crippen molar-refractivity contribution >= 4 is 21.6 Å². The van der Waals surface area contributed by atoms with Gasteiger partial charge in [-0.15, -0.1) is 0 Å². The number of hydrogen-bond acceptors (Lipinski definition) is 4. The third-order valence-corrected chi connectivity index (χ3v) is 6.82. The molecule has 168 valence electrons. The smallest absolute Gasteiger partial charge is 0.262 e. The van der Waals surface area contributed by atoms with Crippen LogP contribution < -0.4 is 10.0 Å². The summed E-state index contributed by atoms with van der Waals surface area (Å²) in [4.78, 5) is 14.9. The van der Waals surface area contributed by atoms with Crippen molar-refractivity contribution in [3.8, 4) is 0 Å². The van der Waals surface area contributed by atoms with Gasteiger partial charge in [-0.05, 0) is 75.0 Å². The lowest BCUT2D eigenvalue weighted by atomic mass is 10.1. The van der Waals surface area contributed by atoms with Crippen LogP contribution in [-0.2, 0) is 10.0 Å². The first kappa shape index (κ1) is 23.5. The van der Waals surface area contributed by atoms with Crippen LogP contribution in [0.1, 0.15) is 33.1 Å². The molecule has 3 aromatic carbocycles. The highest BCUT2D eigenvalue weighted by molar-refractivity contribution is 7.92. The monoisotopic (exact) mass is 451 g/mol. The molecule has 1 atom stereocenters. The van der Waals surface area contributed by atoms with Gasteiger partial charge < -0.3 is 10.2 Å². The normalized spacial score (nSPS) is 12.4. The number of likely N-dealkylation sites (N-methyl/N-ethyl adjacent to an activating group) is 1. The molecule has 0 fully saturated rings. The Labute approximate surface area is 190 Å². The van der Waals surface area contributed by atoms with E-state index in [-0.39, 0.29) is 16.8 Å². The van der Waals surface area contributed by atoms with E-state index in [1.165, 1.54) is 0 Å². The second-order valence-corrected chi connectivity index (χ2v) is 9.70. The molecule has 0 saturated carbocycles.